The van der Waals surface area contributed by atoms with E-state index in [0.717, 1.165) is 16.8 Å². The third-order valence-corrected chi connectivity index (χ3v) is 7.21. The number of nitrogens with zero attached hydrogens (tertiary/aromatic N) is 7. The number of aromatic nitrogens is 6. The van der Waals surface area contributed by atoms with Gasteiger partial charge in [0.05, 0.1) is 36.7 Å². The van der Waals surface area contributed by atoms with E-state index in [4.69, 9.17) is 26.1 Å². The number of methoxy groups -OCH3 is 2. The first-order valence-electron chi connectivity index (χ1n) is 12.4. The predicted octanol–water partition coefficient (Wildman–Crippen LogP) is 5.23. The molecule has 1 aliphatic heterocycles. The van der Waals surface area contributed by atoms with Crippen LogP contribution in [0.2, 0.25) is 5.02 Å². The lowest BCUT2D eigenvalue weighted by Gasteiger charge is -2.29. The molecule has 39 heavy (non-hydrogen) atoms. The Hall–Kier alpha value is -4.44. The highest BCUT2D eigenvalue weighted by Crippen LogP contribution is 2.46. The molecule has 0 saturated heterocycles. The number of carbonyl (C=O) groups excluding carboxylic acids is 1. The summed E-state index contributed by atoms with van der Waals surface area (Å²) in [5.74, 6) is 1.35. The Morgan fingerprint density at radius 1 is 1.05 bits per heavy atom. The van der Waals surface area contributed by atoms with Gasteiger partial charge in [-0.05, 0) is 49.7 Å². The normalized spacial score (nSPS) is 14.9. The highest BCUT2D eigenvalue weighted by molar-refractivity contribution is 6.30. The Balaban J connectivity index is 1.63. The summed E-state index contributed by atoms with van der Waals surface area (Å²) in [5, 5.41) is 8.98. The first kappa shape index (κ1) is 24.9. The van der Waals surface area contributed by atoms with Crippen LogP contribution in [0.4, 0.5) is 5.69 Å². The van der Waals surface area contributed by atoms with E-state index < -0.39 is 6.04 Å². The maximum Gasteiger partial charge on any atom is 0.279 e. The number of imidazole rings is 1. The van der Waals surface area contributed by atoms with E-state index in [2.05, 4.69) is 33.7 Å². The van der Waals surface area contributed by atoms with Crippen LogP contribution >= 0.6 is 11.6 Å². The number of benzene rings is 2. The number of anilines is 1. The summed E-state index contributed by atoms with van der Waals surface area (Å²) in [4.78, 5) is 25.3. The minimum absolute atomic E-state index is 0.0259. The predicted molar refractivity (Wildman–Crippen MR) is 148 cm³/mol. The molecule has 0 saturated carbocycles. The van der Waals surface area contributed by atoms with Crippen LogP contribution in [0.15, 0.2) is 54.7 Å². The number of aryl methyl sites for hydroxylation is 1. The molecule has 3 aromatic heterocycles. The zero-order valence-corrected chi connectivity index (χ0v) is 22.8. The smallest absolute Gasteiger partial charge is 0.279 e. The SMILES string of the molecule is COc1ncccc1-c1nc2c(n1C(C)C)[C@@H](c1ccc(Cl)cc1)N(c1cc(OC)c3nnn(C)c3c1)C2=O. The first-order valence-corrected chi connectivity index (χ1v) is 12.8. The van der Waals surface area contributed by atoms with Crippen molar-refractivity contribution in [2.45, 2.75) is 25.9 Å². The molecule has 0 bridgehead atoms. The number of rotatable bonds is 6. The summed E-state index contributed by atoms with van der Waals surface area (Å²) in [7, 11) is 4.95. The molecule has 0 radical (unpaired) electrons. The van der Waals surface area contributed by atoms with Crippen LogP contribution in [0.25, 0.3) is 22.4 Å². The number of carbonyl (C=O) groups is 1. The van der Waals surface area contributed by atoms with Crippen LogP contribution in [0.3, 0.4) is 0 Å². The largest absolute Gasteiger partial charge is 0.494 e. The zero-order chi connectivity index (χ0) is 27.4. The van der Waals surface area contributed by atoms with Crippen LogP contribution in [0.1, 0.15) is 47.7 Å². The molecule has 4 heterocycles. The van der Waals surface area contributed by atoms with Crippen LogP contribution < -0.4 is 14.4 Å². The van der Waals surface area contributed by atoms with Gasteiger partial charge in [0.1, 0.15) is 11.9 Å². The summed E-state index contributed by atoms with van der Waals surface area (Å²) in [5.41, 5.74) is 4.74. The molecule has 0 N–H and O–H groups in total. The third kappa shape index (κ3) is 3.82. The molecule has 1 atom stereocenters. The molecule has 198 valence electrons. The van der Waals surface area contributed by atoms with Crippen molar-refractivity contribution in [1.82, 2.24) is 29.5 Å². The quantitative estimate of drug-likeness (QED) is 0.289. The zero-order valence-electron chi connectivity index (χ0n) is 22.1. The maximum absolute atomic E-state index is 14.3. The van der Waals surface area contributed by atoms with Gasteiger partial charge in [-0.3, -0.25) is 9.69 Å². The van der Waals surface area contributed by atoms with Gasteiger partial charge < -0.3 is 14.0 Å². The molecular weight excluding hydrogens is 518 g/mol. The average molecular weight is 544 g/mol. The Labute approximate surface area is 229 Å². The number of hydrogen-bond acceptors (Lipinski definition) is 7. The van der Waals surface area contributed by atoms with Gasteiger partial charge in [0.25, 0.3) is 5.91 Å². The number of halogens is 1. The first-order chi connectivity index (χ1) is 18.8. The van der Waals surface area contributed by atoms with Gasteiger partial charge in [0.15, 0.2) is 17.0 Å². The van der Waals surface area contributed by atoms with E-state index in [-0.39, 0.29) is 11.9 Å². The maximum atomic E-state index is 14.3. The fourth-order valence-electron chi connectivity index (χ4n) is 5.25. The second kappa shape index (κ2) is 9.39. The second-order valence-corrected chi connectivity index (χ2v) is 9.99. The highest BCUT2D eigenvalue weighted by atomic mass is 35.5. The molecule has 0 unspecified atom stereocenters. The van der Waals surface area contributed by atoms with Crippen LogP contribution in [0.5, 0.6) is 11.6 Å². The standard InChI is InChI=1S/C28H26ClN7O3/c1-15(2)35-25-23(31-26(35)19-7-6-12-30-27(19)39-5)28(37)36(24(25)16-8-10-17(29)11-9-16)18-13-20-22(21(14-18)38-4)32-33-34(20)3/h6-15,24H,1-5H3/t24-/m1/s1. The lowest BCUT2D eigenvalue weighted by Crippen LogP contribution is -2.30. The minimum atomic E-state index is -0.487. The fraction of sp³-hybridized carbons (Fsp3) is 0.250. The van der Waals surface area contributed by atoms with Crippen LogP contribution in [-0.2, 0) is 7.05 Å². The molecule has 0 aliphatic carbocycles. The molecule has 0 spiro atoms. The van der Waals surface area contributed by atoms with E-state index in [1.807, 2.05) is 48.5 Å². The summed E-state index contributed by atoms with van der Waals surface area (Å²) < 4.78 is 14.9. The Bertz CT molecular complexity index is 1730. The molecule has 2 aromatic carbocycles. The van der Waals surface area contributed by atoms with Crippen molar-refractivity contribution in [2.24, 2.45) is 7.05 Å². The van der Waals surface area contributed by atoms with Crippen LogP contribution in [-0.4, -0.2) is 49.7 Å². The van der Waals surface area contributed by atoms with Gasteiger partial charge in [-0.25, -0.2) is 14.6 Å². The van der Waals surface area contributed by atoms with Gasteiger partial charge >= 0.3 is 0 Å². The summed E-state index contributed by atoms with van der Waals surface area (Å²) >= 11 is 6.26. The summed E-state index contributed by atoms with van der Waals surface area (Å²) in [6, 6.07) is 14.5. The summed E-state index contributed by atoms with van der Waals surface area (Å²) in [6.45, 7) is 4.13. The van der Waals surface area contributed by atoms with Crippen LogP contribution in [0, 0.1) is 0 Å². The van der Waals surface area contributed by atoms with Crippen molar-refractivity contribution in [2.75, 3.05) is 19.1 Å². The molecule has 5 aromatic rings. The van der Waals surface area contributed by atoms with E-state index >= 15 is 0 Å². The Morgan fingerprint density at radius 3 is 2.51 bits per heavy atom. The van der Waals surface area contributed by atoms with Crippen molar-refractivity contribution >= 4 is 34.2 Å². The Morgan fingerprint density at radius 2 is 1.82 bits per heavy atom. The van der Waals surface area contributed by atoms with E-state index in [0.29, 0.717) is 44.9 Å². The van der Waals surface area contributed by atoms with E-state index in [1.54, 1.807) is 37.0 Å². The number of fused-ring (bicyclic) bond motifs is 2. The number of ether oxygens (including phenoxy) is 2. The minimum Gasteiger partial charge on any atom is -0.494 e. The Kier molecular flexibility index (Phi) is 5.99. The molecule has 11 heteroatoms. The molecule has 0 fully saturated rings. The van der Waals surface area contributed by atoms with Gasteiger partial charge in [0, 0.05) is 30.4 Å². The fourth-order valence-corrected chi connectivity index (χ4v) is 5.38. The number of amides is 1. The van der Waals surface area contributed by atoms with Gasteiger partial charge in [-0.2, -0.15) is 0 Å². The monoisotopic (exact) mass is 543 g/mol. The van der Waals surface area contributed by atoms with E-state index in [9.17, 15) is 4.79 Å². The van der Waals surface area contributed by atoms with Crippen molar-refractivity contribution in [3.63, 3.8) is 0 Å². The second-order valence-electron chi connectivity index (χ2n) is 9.55. The number of pyridine rings is 1. The molecule has 1 amide bonds. The molecular formula is C28H26ClN7O3. The molecule has 1 aliphatic rings. The van der Waals surface area contributed by atoms with Crippen molar-refractivity contribution in [3.8, 4) is 23.0 Å². The number of hydrogen-bond donors (Lipinski definition) is 0. The third-order valence-electron chi connectivity index (χ3n) is 6.96. The molecule has 10 nitrogen and oxygen atoms in total. The van der Waals surface area contributed by atoms with Gasteiger partial charge in [0.2, 0.25) is 5.88 Å². The summed E-state index contributed by atoms with van der Waals surface area (Å²) in [6.07, 6.45) is 1.67. The van der Waals surface area contributed by atoms with Crippen molar-refractivity contribution in [3.05, 3.63) is 76.7 Å². The molecule has 6 rings (SSSR count). The lowest BCUT2D eigenvalue weighted by molar-refractivity contribution is 0.0989. The van der Waals surface area contributed by atoms with Crippen molar-refractivity contribution < 1.29 is 14.3 Å². The average Bonchev–Trinajstić information content (AvgIpc) is 3.60. The topological polar surface area (TPSA) is 100 Å². The van der Waals surface area contributed by atoms with E-state index in [1.165, 1.54) is 0 Å². The highest BCUT2D eigenvalue weighted by Gasteiger charge is 2.45. The van der Waals surface area contributed by atoms with Gasteiger partial charge in [-0.1, -0.05) is 28.9 Å². The lowest BCUT2D eigenvalue weighted by atomic mass is 10.0. The van der Waals surface area contributed by atoms with Gasteiger partial charge in [-0.15, -0.1) is 5.10 Å². The van der Waals surface area contributed by atoms with Crippen molar-refractivity contribution in [1.29, 1.82) is 0 Å².